The molecule has 0 amide bonds. The predicted molar refractivity (Wildman–Crippen MR) is 77.1 cm³/mol. The summed E-state index contributed by atoms with van der Waals surface area (Å²) in [5.41, 5.74) is 3.02. The van der Waals surface area contributed by atoms with Gasteiger partial charge in [0.15, 0.2) is 0 Å². The number of hydrogen-bond acceptors (Lipinski definition) is 2. The van der Waals surface area contributed by atoms with E-state index in [1.54, 1.807) is 0 Å². The zero-order valence-electron chi connectivity index (χ0n) is 11.5. The number of hydrogen-bond donors (Lipinski definition) is 1. The lowest BCUT2D eigenvalue weighted by molar-refractivity contribution is 0.313. The molecule has 0 saturated carbocycles. The predicted octanol–water partition coefficient (Wildman–Crippen LogP) is 2.83. The van der Waals surface area contributed by atoms with Gasteiger partial charge in [0.05, 0.1) is 0 Å². The number of piperidine rings is 1. The van der Waals surface area contributed by atoms with Crippen LogP contribution in [0.2, 0.25) is 0 Å². The molecule has 2 aliphatic heterocycles. The second-order valence-corrected chi connectivity index (χ2v) is 6.08. The number of nitrogens with one attached hydrogen (secondary N) is 1. The summed E-state index contributed by atoms with van der Waals surface area (Å²) < 4.78 is 0. The van der Waals surface area contributed by atoms with E-state index in [0.717, 1.165) is 5.92 Å². The van der Waals surface area contributed by atoms with Crippen LogP contribution in [-0.4, -0.2) is 25.2 Å². The minimum Gasteiger partial charge on any atom is -0.368 e. The fraction of sp³-hybridized carbons (Fsp3) is 0.625. The zero-order chi connectivity index (χ0) is 12.5. The van der Waals surface area contributed by atoms with E-state index in [1.807, 2.05) is 0 Å². The highest BCUT2D eigenvalue weighted by Gasteiger charge is 2.28. The van der Waals surface area contributed by atoms with E-state index in [-0.39, 0.29) is 0 Å². The molecule has 0 bridgehead atoms. The third-order valence-corrected chi connectivity index (χ3v) is 4.54. The Kier molecular flexibility index (Phi) is 3.29. The molecule has 0 radical (unpaired) electrons. The Bertz CT molecular complexity index is 415. The average molecular weight is 244 g/mol. The van der Waals surface area contributed by atoms with Crippen LogP contribution in [0, 0.1) is 5.92 Å². The van der Waals surface area contributed by atoms with Crippen molar-refractivity contribution < 1.29 is 0 Å². The lowest BCUT2D eigenvalue weighted by Gasteiger charge is -2.34. The second-order valence-electron chi connectivity index (χ2n) is 6.08. The van der Waals surface area contributed by atoms with E-state index in [2.05, 4.69) is 48.3 Å². The van der Waals surface area contributed by atoms with Gasteiger partial charge in [0, 0.05) is 24.3 Å². The standard InChI is InChI=1S/C16H24N2/c1-12-9-14(7-8-17-12)11-18-13(2)10-15-5-3-4-6-16(15)18/h3-6,12-14,17H,7-11H2,1-2H3. The highest BCUT2D eigenvalue weighted by molar-refractivity contribution is 5.59. The van der Waals surface area contributed by atoms with Gasteiger partial charge in [0.1, 0.15) is 0 Å². The molecular formula is C16H24N2. The zero-order valence-corrected chi connectivity index (χ0v) is 11.5. The molecule has 2 heterocycles. The summed E-state index contributed by atoms with van der Waals surface area (Å²) in [5, 5.41) is 3.55. The quantitative estimate of drug-likeness (QED) is 0.860. The van der Waals surface area contributed by atoms with Gasteiger partial charge in [-0.3, -0.25) is 0 Å². The second kappa shape index (κ2) is 4.93. The van der Waals surface area contributed by atoms with Crippen LogP contribution in [0.25, 0.3) is 0 Å². The molecule has 2 heteroatoms. The van der Waals surface area contributed by atoms with E-state index in [1.165, 1.54) is 43.6 Å². The summed E-state index contributed by atoms with van der Waals surface area (Å²) >= 11 is 0. The van der Waals surface area contributed by atoms with Crippen molar-refractivity contribution in [2.75, 3.05) is 18.0 Å². The van der Waals surface area contributed by atoms with Gasteiger partial charge in [-0.15, -0.1) is 0 Å². The maximum Gasteiger partial charge on any atom is 0.0402 e. The SMILES string of the molecule is CC1CC(CN2c3ccccc3CC2C)CCN1. The number of nitrogens with zero attached hydrogens (tertiary/aromatic N) is 1. The maximum absolute atomic E-state index is 3.55. The number of fused-ring (bicyclic) bond motifs is 1. The summed E-state index contributed by atoms with van der Waals surface area (Å²) in [6.45, 7) is 7.11. The Hall–Kier alpha value is -1.02. The number of benzene rings is 1. The number of anilines is 1. The monoisotopic (exact) mass is 244 g/mol. The van der Waals surface area contributed by atoms with E-state index >= 15 is 0 Å². The van der Waals surface area contributed by atoms with E-state index in [9.17, 15) is 0 Å². The third kappa shape index (κ3) is 2.26. The Morgan fingerprint density at radius 1 is 1.28 bits per heavy atom. The highest BCUT2D eigenvalue weighted by atomic mass is 15.2. The van der Waals surface area contributed by atoms with Crippen molar-refractivity contribution in [2.24, 2.45) is 5.92 Å². The fourth-order valence-corrected chi connectivity index (χ4v) is 3.59. The van der Waals surface area contributed by atoms with Crippen molar-refractivity contribution in [2.45, 2.75) is 45.2 Å². The first-order valence-corrected chi connectivity index (χ1v) is 7.32. The van der Waals surface area contributed by atoms with Crippen LogP contribution in [0.15, 0.2) is 24.3 Å². The summed E-state index contributed by atoms with van der Waals surface area (Å²) in [5.74, 6) is 0.856. The first-order chi connectivity index (χ1) is 8.74. The van der Waals surface area contributed by atoms with Gasteiger partial charge >= 0.3 is 0 Å². The van der Waals surface area contributed by atoms with Crippen molar-refractivity contribution in [3.8, 4) is 0 Å². The summed E-state index contributed by atoms with van der Waals surface area (Å²) in [6.07, 6.45) is 3.87. The van der Waals surface area contributed by atoms with E-state index < -0.39 is 0 Å². The van der Waals surface area contributed by atoms with Crippen LogP contribution in [-0.2, 0) is 6.42 Å². The Labute approximate surface area is 110 Å². The molecule has 0 spiro atoms. The van der Waals surface area contributed by atoms with Gasteiger partial charge in [0.2, 0.25) is 0 Å². The van der Waals surface area contributed by atoms with Crippen LogP contribution in [0.3, 0.4) is 0 Å². The van der Waals surface area contributed by atoms with Gasteiger partial charge in [0.25, 0.3) is 0 Å². The van der Waals surface area contributed by atoms with Gasteiger partial charge < -0.3 is 10.2 Å². The molecule has 3 rings (SSSR count). The molecule has 3 unspecified atom stereocenters. The summed E-state index contributed by atoms with van der Waals surface area (Å²) in [4.78, 5) is 2.64. The molecule has 1 aromatic rings. The molecule has 1 aromatic carbocycles. The molecular weight excluding hydrogens is 220 g/mol. The number of rotatable bonds is 2. The highest BCUT2D eigenvalue weighted by Crippen LogP contribution is 2.33. The first-order valence-electron chi connectivity index (χ1n) is 7.32. The first kappa shape index (κ1) is 12.0. The molecule has 2 nitrogen and oxygen atoms in total. The van der Waals surface area contributed by atoms with Crippen molar-refractivity contribution in [1.82, 2.24) is 5.32 Å². The van der Waals surface area contributed by atoms with Crippen molar-refractivity contribution in [3.05, 3.63) is 29.8 Å². The molecule has 18 heavy (non-hydrogen) atoms. The van der Waals surface area contributed by atoms with Crippen LogP contribution in [0.5, 0.6) is 0 Å². The van der Waals surface area contributed by atoms with Gasteiger partial charge in [-0.1, -0.05) is 18.2 Å². The Morgan fingerprint density at radius 3 is 2.94 bits per heavy atom. The molecule has 0 aromatic heterocycles. The minimum atomic E-state index is 0.674. The molecule has 98 valence electrons. The molecule has 1 saturated heterocycles. The molecule has 1 N–H and O–H groups in total. The van der Waals surface area contributed by atoms with Gasteiger partial charge in [-0.25, -0.2) is 0 Å². The minimum absolute atomic E-state index is 0.674. The lowest BCUT2D eigenvalue weighted by Crippen LogP contribution is -2.42. The maximum atomic E-state index is 3.55. The lowest BCUT2D eigenvalue weighted by atomic mass is 9.92. The summed E-state index contributed by atoms with van der Waals surface area (Å²) in [6, 6.07) is 10.3. The van der Waals surface area contributed by atoms with Crippen molar-refractivity contribution in [1.29, 1.82) is 0 Å². The Morgan fingerprint density at radius 2 is 2.11 bits per heavy atom. The van der Waals surface area contributed by atoms with E-state index in [0.29, 0.717) is 12.1 Å². The molecule has 0 aliphatic carbocycles. The molecule has 3 atom stereocenters. The fourth-order valence-electron chi connectivity index (χ4n) is 3.59. The number of para-hydroxylation sites is 1. The molecule has 1 fully saturated rings. The van der Waals surface area contributed by atoms with Crippen LogP contribution in [0.1, 0.15) is 32.3 Å². The smallest absolute Gasteiger partial charge is 0.0402 e. The van der Waals surface area contributed by atoms with Crippen LogP contribution in [0.4, 0.5) is 5.69 Å². The largest absolute Gasteiger partial charge is 0.368 e. The van der Waals surface area contributed by atoms with Gasteiger partial charge in [-0.2, -0.15) is 0 Å². The normalized spacial score (nSPS) is 31.4. The third-order valence-electron chi connectivity index (χ3n) is 4.54. The van der Waals surface area contributed by atoms with Crippen molar-refractivity contribution in [3.63, 3.8) is 0 Å². The summed E-state index contributed by atoms with van der Waals surface area (Å²) in [7, 11) is 0. The van der Waals surface area contributed by atoms with E-state index in [4.69, 9.17) is 0 Å². The topological polar surface area (TPSA) is 15.3 Å². The molecule has 2 aliphatic rings. The van der Waals surface area contributed by atoms with Gasteiger partial charge in [-0.05, 0) is 57.2 Å². The van der Waals surface area contributed by atoms with Crippen molar-refractivity contribution >= 4 is 5.69 Å². The van der Waals surface area contributed by atoms with Crippen LogP contribution >= 0.6 is 0 Å². The Balaban J connectivity index is 1.72. The average Bonchev–Trinajstić information content (AvgIpc) is 2.66. The van der Waals surface area contributed by atoms with Crippen LogP contribution < -0.4 is 10.2 Å².